The molecule has 3 rings (SSSR count). The van der Waals surface area contributed by atoms with Crippen molar-refractivity contribution < 1.29 is 28.8 Å². The molecule has 0 saturated heterocycles. The Kier molecular flexibility index (Phi) is 4.44. The normalized spacial score (nSPS) is 12.0. The van der Waals surface area contributed by atoms with Crippen LogP contribution in [0.3, 0.4) is 0 Å². The SMILES string of the molecule is COc1cc2c(cc1OC)-c1cc(C(=O)O)c(OC(C)C)cc1OC2. The lowest BCUT2D eigenvalue weighted by Crippen LogP contribution is -2.12. The van der Waals surface area contributed by atoms with Crippen LogP contribution in [-0.2, 0) is 6.61 Å². The number of fused-ring (bicyclic) bond motifs is 3. The van der Waals surface area contributed by atoms with Gasteiger partial charge in [0.05, 0.1) is 20.3 Å². The molecular weight excluding hydrogens is 324 g/mol. The topological polar surface area (TPSA) is 74.2 Å². The first-order valence-electron chi connectivity index (χ1n) is 7.90. The average molecular weight is 344 g/mol. The van der Waals surface area contributed by atoms with Crippen LogP contribution in [0.4, 0.5) is 0 Å². The largest absolute Gasteiger partial charge is 0.493 e. The molecule has 0 fully saturated rings. The molecule has 2 aromatic carbocycles. The molecule has 0 amide bonds. The molecule has 0 spiro atoms. The molecule has 0 atom stereocenters. The Balaban J connectivity index is 2.19. The Morgan fingerprint density at radius 1 is 1.04 bits per heavy atom. The predicted octanol–water partition coefficient (Wildman–Crippen LogP) is 3.75. The van der Waals surface area contributed by atoms with Crippen molar-refractivity contribution in [1.82, 2.24) is 0 Å². The van der Waals surface area contributed by atoms with Gasteiger partial charge in [0.25, 0.3) is 0 Å². The smallest absolute Gasteiger partial charge is 0.339 e. The first-order valence-corrected chi connectivity index (χ1v) is 7.90. The van der Waals surface area contributed by atoms with Crippen molar-refractivity contribution in [2.75, 3.05) is 14.2 Å². The Labute approximate surface area is 145 Å². The molecule has 1 aliphatic heterocycles. The van der Waals surface area contributed by atoms with Gasteiger partial charge in [0.2, 0.25) is 0 Å². The number of hydrogen-bond acceptors (Lipinski definition) is 5. The summed E-state index contributed by atoms with van der Waals surface area (Å²) in [6.45, 7) is 4.05. The quantitative estimate of drug-likeness (QED) is 0.890. The van der Waals surface area contributed by atoms with Crippen LogP contribution in [0, 0.1) is 0 Å². The molecule has 0 aromatic heterocycles. The zero-order valence-corrected chi connectivity index (χ0v) is 14.6. The van der Waals surface area contributed by atoms with E-state index < -0.39 is 5.97 Å². The number of ether oxygens (including phenoxy) is 4. The molecule has 25 heavy (non-hydrogen) atoms. The van der Waals surface area contributed by atoms with Gasteiger partial charge in [-0.25, -0.2) is 4.79 Å². The maximum atomic E-state index is 11.7. The highest BCUT2D eigenvalue weighted by molar-refractivity contribution is 5.94. The Morgan fingerprint density at radius 3 is 2.32 bits per heavy atom. The van der Waals surface area contributed by atoms with E-state index in [9.17, 15) is 9.90 Å². The van der Waals surface area contributed by atoms with Gasteiger partial charge in [-0.15, -0.1) is 0 Å². The zero-order chi connectivity index (χ0) is 18.1. The fourth-order valence-electron chi connectivity index (χ4n) is 2.86. The monoisotopic (exact) mass is 344 g/mol. The minimum absolute atomic E-state index is 0.0960. The van der Waals surface area contributed by atoms with Crippen LogP contribution < -0.4 is 18.9 Å². The first-order chi connectivity index (χ1) is 11.9. The van der Waals surface area contributed by atoms with Gasteiger partial charge < -0.3 is 24.1 Å². The van der Waals surface area contributed by atoms with Gasteiger partial charge >= 0.3 is 5.97 Å². The number of benzene rings is 2. The lowest BCUT2D eigenvalue weighted by Gasteiger charge is -2.24. The van der Waals surface area contributed by atoms with Crippen LogP contribution in [0.25, 0.3) is 11.1 Å². The fraction of sp³-hybridized carbons (Fsp3) is 0.316. The number of rotatable bonds is 5. The lowest BCUT2D eigenvalue weighted by molar-refractivity contribution is 0.0690. The number of carboxylic acid groups (broad SMARTS) is 1. The standard InChI is InChI=1S/C19H20O6/c1-10(2)25-16-8-15-13(6-14(16)19(20)21)12-7-18(23-4)17(22-3)5-11(12)9-24-15/h5-8,10H,9H2,1-4H3,(H,20,21). The predicted molar refractivity (Wildman–Crippen MR) is 92.0 cm³/mol. The highest BCUT2D eigenvalue weighted by Gasteiger charge is 2.25. The minimum atomic E-state index is -1.05. The zero-order valence-electron chi connectivity index (χ0n) is 14.6. The van der Waals surface area contributed by atoms with Gasteiger partial charge in [0.15, 0.2) is 11.5 Å². The van der Waals surface area contributed by atoms with E-state index in [2.05, 4.69) is 0 Å². The van der Waals surface area contributed by atoms with Gasteiger partial charge in [-0.1, -0.05) is 0 Å². The highest BCUT2D eigenvalue weighted by Crippen LogP contribution is 2.45. The Morgan fingerprint density at radius 2 is 1.72 bits per heavy atom. The van der Waals surface area contributed by atoms with Crippen LogP contribution in [0.1, 0.15) is 29.8 Å². The summed E-state index contributed by atoms with van der Waals surface area (Å²) in [6.07, 6.45) is -0.142. The molecule has 2 aromatic rings. The van der Waals surface area contributed by atoms with E-state index in [-0.39, 0.29) is 11.7 Å². The van der Waals surface area contributed by atoms with E-state index >= 15 is 0 Å². The van der Waals surface area contributed by atoms with Crippen molar-refractivity contribution in [3.63, 3.8) is 0 Å². The maximum absolute atomic E-state index is 11.7. The summed E-state index contributed by atoms with van der Waals surface area (Å²) in [4.78, 5) is 11.7. The Bertz CT molecular complexity index is 825. The van der Waals surface area contributed by atoms with Gasteiger partial charge in [-0.2, -0.15) is 0 Å². The molecule has 6 nitrogen and oxygen atoms in total. The summed E-state index contributed by atoms with van der Waals surface area (Å²) in [5, 5.41) is 9.55. The second-order valence-corrected chi connectivity index (χ2v) is 5.97. The Hall–Kier alpha value is -2.89. The van der Waals surface area contributed by atoms with Crippen LogP contribution in [0.5, 0.6) is 23.0 Å². The second-order valence-electron chi connectivity index (χ2n) is 5.97. The van der Waals surface area contributed by atoms with Gasteiger partial charge in [-0.3, -0.25) is 0 Å². The molecule has 0 unspecified atom stereocenters. The first kappa shape index (κ1) is 17.0. The van der Waals surface area contributed by atoms with E-state index in [1.165, 1.54) is 0 Å². The van der Waals surface area contributed by atoms with Gasteiger partial charge in [0, 0.05) is 17.2 Å². The highest BCUT2D eigenvalue weighted by atomic mass is 16.5. The third-order valence-corrected chi connectivity index (χ3v) is 3.96. The number of hydrogen-bond donors (Lipinski definition) is 1. The van der Waals surface area contributed by atoms with Crippen LogP contribution >= 0.6 is 0 Å². The van der Waals surface area contributed by atoms with Crippen molar-refractivity contribution >= 4 is 5.97 Å². The molecular formula is C19H20O6. The number of methoxy groups -OCH3 is 2. The summed E-state index contributed by atoms with van der Waals surface area (Å²) in [5.74, 6) is 1.01. The molecule has 0 aliphatic carbocycles. The average Bonchev–Trinajstić information content (AvgIpc) is 2.58. The van der Waals surface area contributed by atoms with Gasteiger partial charge in [0.1, 0.15) is 23.7 Å². The minimum Gasteiger partial charge on any atom is -0.493 e. The molecule has 6 heteroatoms. The molecule has 132 valence electrons. The van der Waals surface area contributed by atoms with Crippen molar-refractivity contribution in [2.24, 2.45) is 0 Å². The maximum Gasteiger partial charge on any atom is 0.339 e. The van der Waals surface area contributed by atoms with E-state index in [1.807, 2.05) is 26.0 Å². The molecule has 0 saturated carbocycles. The van der Waals surface area contributed by atoms with Crippen LogP contribution in [0.2, 0.25) is 0 Å². The van der Waals surface area contributed by atoms with E-state index in [1.54, 1.807) is 26.4 Å². The summed E-state index contributed by atoms with van der Waals surface area (Å²) in [5.41, 5.74) is 2.55. The third kappa shape index (κ3) is 3.07. The molecule has 1 aliphatic rings. The molecule has 1 N–H and O–H groups in total. The molecule has 0 radical (unpaired) electrons. The molecule has 0 bridgehead atoms. The van der Waals surface area contributed by atoms with Crippen molar-refractivity contribution in [1.29, 1.82) is 0 Å². The second kappa shape index (κ2) is 6.55. The summed E-state index contributed by atoms with van der Waals surface area (Å²) >= 11 is 0. The summed E-state index contributed by atoms with van der Waals surface area (Å²) < 4.78 is 22.1. The van der Waals surface area contributed by atoms with Crippen molar-refractivity contribution in [3.8, 4) is 34.1 Å². The van der Waals surface area contributed by atoms with E-state index in [0.29, 0.717) is 35.2 Å². The summed E-state index contributed by atoms with van der Waals surface area (Å²) in [7, 11) is 3.13. The van der Waals surface area contributed by atoms with Crippen LogP contribution in [-0.4, -0.2) is 31.4 Å². The van der Waals surface area contributed by atoms with Crippen molar-refractivity contribution in [2.45, 2.75) is 26.6 Å². The molecule has 1 heterocycles. The summed E-state index contributed by atoms with van der Waals surface area (Å²) in [6, 6.07) is 6.90. The van der Waals surface area contributed by atoms with Crippen molar-refractivity contribution in [3.05, 3.63) is 35.4 Å². The fourth-order valence-corrected chi connectivity index (χ4v) is 2.86. The lowest BCUT2D eigenvalue weighted by atomic mass is 9.94. The van der Waals surface area contributed by atoms with E-state index in [4.69, 9.17) is 18.9 Å². The number of carbonyl (C=O) groups is 1. The van der Waals surface area contributed by atoms with Gasteiger partial charge in [-0.05, 0) is 37.6 Å². The number of aromatic carboxylic acids is 1. The van der Waals surface area contributed by atoms with E-state index in [0.717, 1.165) is 11.1 Å². The number of carboxylic acids is 1. The third-order valence-electron chi connectivity index (χ3n) is 3.96. The van der Waals surface area contributed by atoms with Crippen LogP contribution in [0.15, 0.2) is 24.3 Å².